The Morgan fingerprint density at radius 2 is 2.09 bits per heavy atom. The second-order valence-electron chi connectivity index (χ2n) is 2.61. The van der Waals surface area contributed by atoms with Gasteiger partial charge in [0.1, 0.15) is 0 Å². The van der Waals surface area contributed by atoms with Gasteiger partial charge in [-0.1, -0.05) is 30.3 Å². The second kappa shape index (κ2) is 2.35. The van der Waals surface area contributed by atoms with Crippen LogP contribution in [0.15, 0.2) is 35.3 Å². The Kier molecular flexibility index (Phi) is 1.35. The third-order valence-electron chi connectivity index (χ3n) is 1.98. The Labute approximate surface area is 66.1 Å². The van der Waals surface area contributed by atoms with Crippen molar-refractivity contribution in [2.24, 2.45) is 4.99 Å². The average Bonchev–Trinajstić information content (AvgIpc) is 2.47. The molecular weight excluding hydrogens is 134 g/mol. The highest BCUT2D eigenvalue weighted by Crippen LogP contribution is 2.26. The Bertz CT molecular complexity index is 323. The van der Waals surface area contributed by atoms with Gasteiger partial charge in [0.15, 0.2) is 0 Å². The lowest BCUT2D eigenvalue weighted by Gasteiger charge is -1.97. The van der Waals surface area contributed by atoms with E-state index in [1.54, 1.807) is 0 Å². The minimum atomic E-state index is 1.00. The molecule has 1 aliphatic carbocycles. The van der Waals surface area contributed by atoms with Crippen LogP contribution in [0.25, 0.3) is 5.70 Å². The minimum Gasteiger partial charge on any atom is -0.264 e. The molecule has 0 atom stereocenters. The molecule has 0 N–H and O–H groups in total. The average molecular weight is 143 g/mol. The fourth-order valence-electron chi connectivity index (χ4n) is 1.41. The van der Waals surface area contributed by atoms with Gasteiger partial charge in [-0.05, 0) is 18.7 Å². The van der Waals surface area contributed by atoms with Crippen molar-refractivity contribution in [3.8, 4) is 0 Å². The predicted molar refractivity (Wildman–Crippen MR) is 47.7 cm³/mol. The maximum atomic E-state index is 3.94. The van der Waals surface area contributed by atoms with Crippen LogP contribution in [0.1, 0.15) is 11.1 Å². The molecule has 0 fully saturated rings. The molecule has 0 saturated carbocycles. The van der Waals surface area contributed by atoms with E-state index in [1.165, 1.54) is 11.1 Å². The van der Waals surface area contributed by atoms with Gasteiger partial charge in [-0.25, -0.2) is 0 Å². The number of fused-ring (bicyclic) bond motifs is 1. The maximum Gasteiger partial charge on any atom is 0.0661 e. The molecule has 0 heterocycles. The first kappa shape index (κ1) is 6.35. The van der Waals surface area contributed by atoms with Crippen LogP contribution in [-0.2, 0) is 6.42 Å². The van der Waals surface area contributed by atoms with Crippen molar-refractivity contribution in [2.45, 2.75) is 6.42 Å². The van der Waals surface area contributed by atoms with Gasteiger partial charge >= 0.3 is 0 Å². The summed E-state index contributed by atoms with van der Waals surface area (Å²) < 4.78 is 0. The van der Waals surface area contributed by atoms with Gasteiger partial charge in [0.2, 0.25) is 0 Å². The maximum absolute atomic E-state index is 3.94. The fraction of sp³-hybridized carbons (Fsp3) is 0.100. The van der Waals surface area contributed by atoms with Gasteiger partial charge in [0, 0.05) is 5.56 Å². The summed E-state index contributed by atoms with van der Waals surface area (Å²) in [6.45, 7) is 3.52. The number of hydrogen-bond donors (Lipinski definition) is 0. The quantitative estimate of drug-likeness (QED) is 0.535. The molecule has 0 spiro atoms. The van der Waals surface area contributed by atoms with Crippen molar-refractivity contribution in [1.82, 2.24) is 0 Å². The van der Waals surface area contributed by atoms with Crippen LogP contribution < -0.4 is 0 Å². The van der Waals surface area contributed by atoms with Crippen molar-refractivity contribution in [3.05, 3.63) is 41.5 Å². The molecule has 54 valence electrons. The standard InChI is InChI=1S/C10H9N/c1-11-10-7-6-8-4-2-3-5-9(8)10/h2-5,7H,1,6H2. The SMILES string of the molecule is C=NC1=CCc2ccccc21. The molecule has 0 aliphatic heterocycles. The molecule has 1 aromatic carbocycles. The number of hydrogen-bond acceptors (Lipinski definition) is 1. The Hall–Kier alpha value is -1.37. The molecule has 2 rings (SSSR count). The van der Waals surface area contributed by atoms with Crippen molar-refractivity contribution in [3.63, 3.8) is 0 Å². The fourth-order valence-corrected chi connectivity index (χ4v) is 1.41. The highest BCUT2D eigenvalue weighted by Gasteiger charge is 2.10. The Morgan fingerprint density at radius 3 is 2.91 bits per heavy atom. The van der Waals surface area contributed by atoms with E-state index in [4.69, 9.17) is 0 Å². The number of allylic oxidation sites excluding steroid dienone is 1. The first-order valence-electron chi connectivity index (χ1n) is 3.67. The zero-order valence-electron chi connectivity index (χ0n) is 6.25. The van der Waals surface area contributed by atoms with E-state index in [1.807, 2.05) is 6.07 Å². The summed E-state index contributed by atoms with van der Waals surface area (Å²) in [7, 11) is 0. The monoisotopic (exact) mass is 143 g/mol. The molecule has 0 unspecified atom stereocenters. The van der Waals surface area contributed by atoms with Crippen LogP contribution in [0.4, 0.5) is 0 Å². The number of benzene rings is 1. The second-order valence-corrected chi connectivity index (χ2v) is 2.61. The smallest absolute Gasteiger partial charge is 0.0661 e. The Morgan fingerprint density at radius 1 is 1.27 bits per heavy atom. The van der Waals surface area contributed by atoms with E-state index in [0.717, 1.165) is 12.1 Å². The first-order valence-corrected chi connectivity index (χ1v) is 3.67. The van der Waals surface area contributed by atoms with Gasteiger partial charge in [0.25, 0.3) is 0 Å². The Balaban J connectivity index is 2.56. The summed E-state index contributed by atoms with van der Waals surface area (Å²) >= 11 is 0. The number of aliphatic imine (C=N–C) groups is 1. The van der Waals surface area contributed by atoms with E-state index >= 15 is 0 Å². The van der Waals surface area contributed by atoms with E-state index in [-0.39, 0.29) is 0 Å². The molecule has 0 amide bonds. The summed E-state index contributed by atoms with van der Waals surface area (Å²) in [6, 6.07) is 8.30. The lowest BCUT2D eigenvalue weighted by atomic mass is 10.1. The van der Waals surface area contributed by atoms with Crippen molar-refractivity contribution >= 4 is 12.4 Å². The van der Waals surface area contributed by atoms with Crippen molar-refractivity contribution < 1.29 is 0 Å². The summed E-state index contributed by atoms with van der Waals surface area (Å²) in [4.78, 5) is 3.94. The van der Waals surface area contributed by atoms with Crippen molar-refractivity contribution in [2.75, 3.05) is 0 Å². The lowest BCUT2D eigenvalue weighted by Crippen LogP contribution is -1.80. The first-order chi connectivity index (χ1) is 5.42. The minimum absolute atomic E-state index is 1.00. The van der Waals surface area contributed by atoms with Crippen LogP contribution in [0.2, 0.25) is 0 Å². The van der Waals surface area contributed by atoms with Crippen LogP contribution >= 0.6 is 0 Å². The van der Waals surface area contributed by atoms with Gasteiger partial charge < -0.3 is 0 Å². The third-order valence-corrected chi connectivity index (χ3v) is 1.98. The van der Waals surface area contributed by atoms with E-state index in [2.05, 4.69) is 36.0 Å². The number of nitrogens with zero attached hydrogens (tertiary/aromatic N) is 1. The lowest BCUT2D eigenvalue weighted by molar-refractivity contribution is 1.31. The van der Waals surface area contributed by atoms with Gasteiger partial charge in [-0.15, -0.1) is 0 Å². The van der Waals surface area contributed by atoms with Crippen LogP contribution in [0.5, 0.6) is 0 Å². The molecule has 1 aromatic rings. The normalized spacial score (nSPS) is 14.0. The summed E-state index contributed by atoms with van der Waals surface area (Å²) in [6.07, 6.45) is 3.11. The molecule has 11 heavy (non-hydrogen) atoms. The summed E-state index contributed by atoms with van der Waals surface area (Å²) in [5.74, 6) is 0. The third kappa shape index (κ3) is 0.891. The molecule has 0 bridgehead atoms. The molecule has 1 nitrogen and oxygen atoms in total. The molecule has 0 aromatic heterocycles. The summed E-state index contributed by atoms with van der Waals surface area (Å²) in [5, 5.41) is 0. The van der Waals surface area contributed by atoms with Crippen LogP contribution in [-0.4, -0.2) is 6.72 Å². The molecule has 1 heteroatoms. The van der Waals surface area contributed by atoms with E-state index < -0.39 is 0 Å². The molecular formula is C10H9N. The zero-order valence-corrected chi connectivity index (χ0v) is 6.25. The molecule has 1 aliphatic rings. The van der Waals surface area contributed by atoms with Crippen molar-refractivity contribution in [1.29, 1.82) is 0 Å². The molecule has 0 saturated heterocycles. The van der Waals surface area contributed by atoms with E-state index in [0.29, 0.717) is 0 Å². The highest BCUT2D eigenvalue weighted by molar-refractivity contribution is 5.74. The van der Waals surface area contributed by atoms with Gasteiger partial charge in [-0.2, -0.15) is 0 Å². The molecule has 0 radical (unpaired) electrons. The van der Waals surface area contributed by atoms with Gasteiger partial charge in [0.05, 0.1) is 5.70 Å². The van der Waals surface area contributed by atoms with Gasteiger partial charge in [-0.3, -0.25) is 4.99 Å². The van der Waals surface area contributed by atoms with E-state index in [9.17, 15) is 0 Å². The largest absolute Gasteiger partial charge is 0.264 e. The summed E-state index contributed by atoms with van der Waals surface area (Å²) in [5.41, 5.74) is 3.62. The van der Waals surface area contributed by atoms with Crippen LogP contribution in [0, 0.1) is 0 Å². The predicted octanol–water partition coefficient (Wildman–Crippen LogP) is 2.28. The zero-order chi connectivity index (χ0) is 7.68. The van der Waals surface area contributed by atoms with Crippen LogP contribution in [0.3, 0.4) is 0 Å². The highest BCUT2D eigenvalue weighted by atomic mass is 14.7. The topological polar surface area (TPSA) is 12.4 Å². The number of rotatable bonds is 1.